The minimum absolute atomic E-state index is 0.0504. The molecule has 2 rings (SSSR count). The summed E-state index contributed by atoms with van der Waals surface area (Å²) in [5.41, 5.74) is 2.01. The van der Waals surface area contributed by atoms with Crippen molar-refractivity contribution in [2.75, 3.05) is 23.3 Å². The summed E-state index contributed by atoms with van der Waals surface area (Å²) < 4.78 is 0. The number of carbonyl (C=O) groups is 1. The Bertz CT molecular complexity index is 516. The second kappa shape index (κ2) is 6.38. The maximum Gasteiger partial charge on any atom is 0.265 e. The van der Waals surface area contributed by atoms with Crippen molar-refractivity contribution >= 4 is 28.6 Å². The van der Waals surface area contributed by atoms with E-state index in [9.17, 15) is 4.79 Å². The first-order valence-electron chi connectivity index (χ1n) is 6.44. The molecule has 100 valence electrons. The SMILES string of the molecule is CCN(CC)c1ccc(NC(=O)c2cccs2)cc1. The van der Waals surface area contributed by atoms with Gasteiger partial charge < -0.3 is 10.2 Å². The number of nitrogens with one attached hydrogen (secondary N) is 1. The third kappa shape index (κ3) is 3.35. The molecule has 1 heterocycles. The van der Waals surface area contributed by atoms with E-state index < -0.39 is 0 Å². The van der Waals surface area contributed by atoms with Crippen LogP contribution in [0.1, 0.15) is 23.5 Å². The van der Waals surface area contributed by atoms with Gasteiger partial charge in [0.25, 0.3) is 5.91 Å². The molecule has 1 amide bonds. The van der Waals surface area contributed by atoms with Crippen molar-refractivity contribution in [3.63, 3.8) is 0 Å². The Morgan fingerprint density at radius 3 is 2.37 bits per heavy atom. The lowest BCUT2D eigenvalue weighted by Crippen LogP contribution is -2.21. The summed E-state index contributed by atoms with van der Waals surface area (Å²) in [5, 5.41) is 4.80. The van der Waals surface area contributed by atoms with Crippen LogP contribution in [0.15, 0.2) is 41.8 Å². The highest BCUT2D eigenvalue weighted by atomic mass is 32.1. The van der Waals surface area contributed by atoms with Crippen LogP contribution in [0.3, 0.4) is 0 Å². The fourth-order valence-electron chi connectivity index (χ4n) is 1.94. The van der Waals surface area contributed by atoms with Gasteiger partial charge in [0, 0.05) is 24.5 Å². The van der Waals surface area contributed by atoms with Crippen molar-refractivity contribution in [3.8, 4) is 0 Å². The van der Waals surface area contributed by atoms with Gasteiger partial charge in [-0.15, -0.1) is 11.3 Å². The third-order valence-electron chi connectivity index (χ3n) is 3.00. The Labute approximate surface area is 117 Å². The van der Waals surface area contributed by atoms with Crippen LogP contribution < -0.4 is 10.2 Å². The molecular formula is C15H18N2OS. The summed E-state index contributed by atoms with van der Waals surface area (Å²) >= 11 is 1.45. The molecule has 0 aliphatic carbocycles. The number of anilines is 2. The maximum atomic E-state index is 11.9. The fraction of sp³-hybridized carbons (Fsp3) is 0.267. The van der Waals surface area contributed by atoms with Crippen LogP contribution >= 0.6 is 11.3 Å². The Balaban J connectivity index is 2.05. The molecule has 1 N–H and O–H groups in total. The minimum Gasteiger partial charge on any atom is -0.372 e. The van der Waals surface area contributed by atoms with Gasteiger partial charge in [0.15, 0.2) is 0 Å². The second-order valence-electron chi connectivity index (χ2n) is 4.15. The quantitative estimate of drug-likeness (QED) is 0.898. The van der Waals surface area contributed by atoms with Crippen LogP contribution in [0, 0.1) is 0 Å². The third-order valence-corrected chi connectivity index (χ3v) is 3.87. The normalized spacial score (nSPS) is 10.2. The number of amides is 1. The molecule has 3 nitrogen and oxygen atoms in total. The van der Waals surface area contributed by atoms with E-state index in [1.165, 1.54) is 17.0 Å². The van der Waals surface area contributed by atoms with E-state index >= 15 is 0 Å². The lowest BCUT2D eigenvalue weighted by atomic mass is 10.2. The van der Waals surface area contributed by atoms with Gasteiger partial charge >= 0.3 is 0 Å². The van der Waals surface area contributed by atoms with Crippen molar-refractivity contribution in [2.45, 2.75) is 13.8 Å². The van der Waals surface area contributed by atoms with Gasteiger partial charge in [-0.05, 0) is 49.6 Å². The summed E-state index contributed by atoms with van der Waals surface area (Å²) in [5.74, 6) is -0.0504. The zero-order valence-corrected chi connectivity index (χ0v) is 12.0. The monoisotopic (exact) mass is 274 g/mol. The van der Waals surface area contributed by atoms with Gasteiger partial charge in [-0.3, -0.25) is 4.79 Å². The molecule has 0 saturated carbocycles. The first kappa shape index (κ1) is 13.6. The molecule has 0 bridgehead atoms. The van der Waals surface area contributed by atoms with E-state index in [4.69, 9.17) is 0 Å². The standard InChI is InChI=1S/C15H18N2OS/c1-3-17(4-2)13-9-7-12(8-10-13)16-15(18)14-6-5-11-19-14/h5-11H,3-4H2,1-2H3,(H,16,18). The van der Waals surface area contributed by atoms with Gasteiger partial charge in [-0.25, -0.2) is 0 Å². The maximum absolute atomic E-state index is 11.9. The molecule has 0 radical (unpaired) electrons. The van der Waals surface area contributed by atoms with Crippen molar-refractivity contribution in [1.82, 2.24) is 0 Å². The van der Waals surface area contributed by atoms with Gasteiger partial charge in [-0.1, -0.05) is 6.07 Å². The molecule has 0 aliphatic rings. The van der Waals surface area contributed by atoms with Crippen molar-refractivity contribution < 1.29 is 4.79 Å². The van der Waals surface area contributed by atoms with Crippen molar-refractivity contribution in [3.05, 3.63) is 46.7 Å². The smallest absolute Gasteiger partial charge is 0.265 e. The van der Waals surface area contributed by atoms with Gasteiger partial charge in [0.2, 0.25) is 0 Å². The highest BCUT2D eigenvalue weighted by Gasteiger charge is 2.07. The molecule has 0 saturated heterocycles. The highest BCUT2D eigenvalue weighted by molar-refractivity contribution is 7.12. The van der Waals surface area contributed by atoms with E-state index in [-0.39, 0.29) is 5.91 Å². The zero-order chi connectivity index (χ0) is 13.7. The number of rotatable bonds is 5. The van der Waals surface area contributed by atoms with Crippen molar-refractivity contribution in [2.24, 2.45) is 0 Å². The second-order valence-corrected chi connectivity index (χ2v) is 5.10. The Morgan fingerprint density at radius 2 is 1.84 bits per heavy atom. The molecule has 1 aromatic carbocycles. The van der Waals surface area contributed by atoms with E-state index in [1.54, 1.807) is 0 Å². The summed E-state index contributed by atoms with van der Waals surface area (Å²) in [4.78, 5) is 14.9. The highest BCUT2D eigenvalue weighted by Crippen LogP contribution is 2.19. The molecule has 0 spiro atoms. The average molecular weight is 274 g/mol. The summed E-state index contributed by atoms with van der Waals surface area (Å²) in [6, 6.07) is 11.7. The molecule has 0 aliphatic heterocycles. The predicted octanol–water partition coefficient (Wildman–Crippen LogP) is 3.85. The van der Waals surface area contributed by atoms with Crippen LogP contribution in [0.25, 0.3) is 0 Å². The summed E-state index contributed by atoms with van der Waals surface area (Å²) in [6.45, 7) is 6.24. The Kier molecular flexibility index (Phi) is 4.58. The van der Waals surface area contributed by atoms with E-state index in [0.29, 0.717) is 0 Å². The molecule has 1 aromatic heterocycles. The largest absolute Gasteiger partial charge is 0.372 e. The van der Waals surface area contributed by atoms with Crippen LogP contribution in [-0.4, -0.2) is 19.0 Å². The Hall–Kier alpha value is -1.81. The lowest BCUT2D eigenvalue weighted by Gasteiger charge is -2.21. The number of hydrogen-bond donors (Lipinski definition) is 1. The average Bonchev–Trinajstić information content (AvgIpc) is 2.96. The minimum atomic E-state index is -0.0504. The van der Waals surface area contributed by atoms with Gasteiger partial charge in [-0.2, -0.15) is 0 Å². The number of nitrogens with zero attached hydrogens (tertiary/aromatic N) is 1. The molecule has 0 fully saturated rings. The fourth-order valence-corrected chi connectivity index (χ4v) is 2.56. The Morgan fingerprint density at radius 1 is 1.16 bits per heavy atom. The summed E-state index contributed by atoms with van der Waals surface area (Å²) in [7, 11) is 0. The molecule has 0 unspecified atom stereocenters. The summed E-state index contributed by atoms with van der Waals surface area (Å²) in [6.07, 6.45) is 0. The topological polar surface area (TPSA) is 32.3 Å². The van der Waals surface area contributed by atoms with Crippen LogP contribution in [-0.2, 0) is 0 Å². The van der Waals surface area contributed by atoms with Gasteiger partial charge in [0.1, 0.15) is 0 Å². The molecular weight excluding hydrogens is 256 g/mol. The number of benzene rings is 1. The van der Waals surface area contributed by atoms with E-state index in [0.717, 1.165) is 23.7 Å². The van der Waals surface area contributed by atoms with Crippen LogP contribution in [0.5, 0.6) is 0 Å². The molecule has 0 atom stereocenters. The zero-order valence-electron chi connectivity index (χ0n) is 11.2. The first-order valence-corrected chi connectivity index (χ1v) is 7.32. The molecule has 4 heteroatoms. The van der Waals surface area contributed by atoms with Gasteiger partial charge in [0.05, 0.1) is 4.88 Å². The predicted molar refractivity (Wildman–Crippen MR) is 82.3 cm³/mol. The number of thiophene rings is 1. The number of hydrogen-bond acceptors (Lipinski definition) is 3. The van der Waals surface area contributed by atoms with Crippen LogP contribution in [0.4, 0.5) is 11.4 Å². The van der Waals surface area contributed by atoms with E-state index in [2.05, 4.69) is 24.1 Å². The van der Waals surface area contributed by atoms with E-state index in [1.807, 2.05) is 41.8 Å². The molecule has 19 heavy (non-hydrogen) atoms. The van der Waals surface area contributed by atoms with Crippen LogP contribution in [0.2, 0.25) is 0 Å². The first-order chi connectivity index (χ1) is 9.24. The van der Waals surface area contributed by atoms with Crippen molar-refractivity contribution in [1.29, 1.82) is 0 Å². The number of carbonyl (C=O) groups excluding carboxylic acids is 1. The lowest BCUT2D eigenvalue weighted by molar-refractivity contribution is 0.103. The molecule has 2 aromatic rings.